The molecule has 23 heavy (non-hydrogen) atoms. The Hall–Kier alpha value is -2.80. The Morgan fingerprint density at radius 3 is 2.48 bits per heavy atom. The molecule has 0 saturated carbocycles. The summed E-state index contributed by atoms with van der Waals surface area (Å²) in [6, 6.07) is 16.9. The Kier molecular flexibility index (Phi) is 5.76. The van der Waals surface area contributed by atoms with Gasteiger partial charge in [0, 0.05) is 30.9 Å². The van der Waals surface area contributed by atoms with Crippen molar-refractivity contribution in [2.24, 2.45) is 0 Å². The van der Waals surface area contributed by atoms with E-state index in [0.717, 1.165) is 13.1 Å². The van der Waals surface area contributed by atoms with Crippen LogP contribution in [0.15, 0.2) is 48.5 Å². The second-order valence-corrected chi connectivity index (χ2v) is 5.31. The fraction of sp³-hybridized carbons (Fsp3) is 0.263. The Balaban J connectivity index is 1.91. The molecule has 0 spiro atoms. The van der Waals surface area contributed by atoms with Crippen LogP contribution < -0.4 is 10.2 Å². The molecule has 2 aromatic carbocycles. The van der Waals surface area contributed by atoms with Gasteiger partial charge >= 0.3 is 0 Å². The van der Waals surface area contributed by atoms with Crippen LogP contribution in [0.25, 0.3) is 0 Å². The number of para-hydroxylation sites is 1. The van der Waals surface area contributed by atoms with Crippen LogP contribution in [0.1, 0.15) is 28.4 Å². The number of anilines is 1. The minimum Gasteiger partial charge on any atom is -0.370 e. The second-order valence-electron chi connectivity index (χ2n) is 5.31. The predicted molar refractivity (Wildman–Crippen MR) is 92.6 cm³/mol. The van der Waals surface area contributed by atoms with Crippen molar-refractivity contribution >= 4 is 11.6 Å². The zero-order chi connectivity index (χ0) is 16.7. The lowest BCUT2D eigenvalue weighted by atomic mass is 10.1. The zero-order valence-electron chi connectivity index (χ0n) is 13.5. The normalized spacial score (nSPS) is 9.96. The molecule has 0 aliphatic heterocycles. The SMILES string of the molecule is CCN(CCNC(=O)c1ccc(C#N)cc1)c1ccccc1C. The van der Waals surface area contributed by atoms with E-state index in [1.165, 1.54) is 11.3 Å². The van der Waals surface area contributed by atoms with Gasteiger partial charge in [-0.25, -0.2) is 0 Å². The minimum atomic E-state index is -0.115. The maximum Gasteiger partial charge on any atom is 0.251 e. The van der Waals surface area contributed by atoms with Gasteiger partial charge in [0.1, 0.15) is 0 Å². The summed E-state index contributed by atoms with van der Waals surface area (Å²) < 4.78 is 0. The standard InChI is InChI=1S/C19H21N3O/c1-3-22(18-7-5-4-6-15(18)2)13-12-21-19(23)17-10-8-16(14-20)9-11-17/h4-11H,3,12-13H2,1-2H3,(H,21,23). The third-order valence-corrected chi connectivity index (χ3v) is 3.78. The van der Waals surface area contributed by atoms with Crippen molar-refractivity contribution in [2.45, 2.75) is 13.8 Å². The molecule has 1 N–H and O–H groups in total. The number of hydrogen-bond donors (Lipinski definition) is 1. The molecule has 0 atom stereocenters. The average molecular weight is 307 g/mol. The number of rotatable bonds is 6. The number of nitrogens with one attached hydrogen (secondary N) is 1. The van der Waals surface area contributed by atoms with E-state index < -0.39 is 0 Å². The number of aryl methyl sites for hydroxylation is 1. The zero-order valence-corrected chi connectivity index (χ0v) is 13.5. The van der Waals surface area contributed by atoms with Crippen LogP contribution in [-0.4, -0.2) is 25.5 Å². The molecule has 0 aromatic heterocycles. The molecule has 0 aliphatic rings. The lowest BCUT2D eigenvalue weighted by Gasteiger charge is -2.25. The molecule has 0 fully saturated rings. The Labute approximate surface area is 137 Å². The third-order valence-electron chi connectivity index (χ3n) is 3.78. The van der Waals surface area contributed by atoms with E-state index in [1.54, 1.807) is 24.3 Å². The summed E-state index contributed by atoms with van der Waals surface area (Å²) in [7, 11) is 0. The molecule has 2 aromatic rings. The Morgan fingerprint density at radius 2 is 1.87 bits per heavy atom. The summed E-state index contributed by atoms with van der Waals surface area (Å²) in [4.78, 5) is 14.3. The van der Waals surface area contributed by atoms with Gasteiger partial charge in [-0.05, 0) is 49.7 Å². The topological polar surface area (TPSA) is 56.1 Å². The van der Waals surface area contributed by atoms with Gasteiger partial charge in [-0.1, -0.05) is 18.2 Å². The first-order valence-corrected chi connectivity index (χ1v) is 7.74. The molecule has 0 radical (unpaired) electrons. The van der Waals surface area contributed by atoms with E-state index >= 15 is 0 Å². The van der Waals surface area contributed by atoms with Crippen molar-refractivity contribution in [3.63, 3.8) is 0 Å². The molecule has 0 saturated heterocycles. The van der Waals surface area contributed by atoms with Crippen molar-refractivity contribution in [2.75, 3.05) is 24.5 Å². The van der Waals surface area contributed by atoms with E-state index in [1.807, 2.05) is 18.2 Å². The van der Waals surface area contributed by atoms with Crippen LogP contribution in [0.2, 0.25) is 0 Å². The van der Waals surface area contributed by atoms with Crippen molar-refractivity contribution in [3.05, 3.63) is 65.2 Å². The van der Waals surface area contributed by atoms with Crippen molar-refractivity contribution in [3.8, 4) is 6.07 Å². The van der Waals surface area contributed by atoms with Crippen LogP contribution in [0.3, 0.4) is 0 Å². The van der Waals surface area contributed by atoms with E-state index in [0.29, 0.717) is 17.7 Å². The van der Waals surface area contributed by atoms with E-state index in [-0.39, 0.29) is 5.91 Å². The number of hydrogen-bond acceptors (Lipinski definition) is 3. The predicted octanol–water partition coefficient (Wildman–Crippen LogP) is 3.12. The highest BCUT2D eigenvalue weighted by Crippen LogP contribution is 2.18. The van der Waals surface area contributed by atoms with Gasteiger partial charge in [0.2, 0.25) is 0 Å². The summed E-state index contributed by atoms with van der Waals surface area (Å²) in [5.74, 6) is -0.115. The van der Waals surface area contributed by atoms with E-state index in [2.05, 4.69) is 36.2 Å². The molecule has 2 rings (SSSR count). The Bertz CT molecular complexity index is 701. The van der Waals surface area contributed by atoms with Gasteiger partial charge < -0.3 is 10.2 Å². The smallest absolute Gasteiger partial charge is 0.251 e. The molecule has 0 unspecified atom stereocenters. The molecular formula is C19H21N3O. The average Bonchev–Trinajstić information content (AvgIpc) is 2.59. The fourth-order valence-electron chi connectivity index (χ4n) is 2.47. The van der Waals surface area contributed by atoms with Crippen LogP contribution in [0.5, 0.6) is 0 Å². The quantitative estimate of drug-likeness (QED) is 0.892. The molecule has 0 heterocycles. The highest BCUT2D eigenvalue weighted by Gasteiger charge is 2.08. The minimum absolute atomic E-state index is 0.115. The van der Waals surface area contributed by atoms with Gasteiger partial charge in [0.25, 0.3) is 5.91 Å². The molecule has 1 amide bonds. The number of carbonyl (C=O) groups is 1. The maximum absolute atomic E-state index is 12.1. The van der Waals surface area contributed by atoms with Crippen molar-refractivity contribution in [1.82, 2.24) is 5.32 Å². The number of carbonyl (C=O) groups excluding carboxylic acids is 1. The summed E-state index contributed by atoms with van der Waals surface area (Å²) in [5, 5.41) is 11.7. The second kappa shape index (κ2) is 8.00. The lowest BCUT2D eigenvalue weighted by molar-refractivity contribution is 0.0954. The molecule has 4 nitrogen and oxygen atoms in total. The van der Waals surface area contributed by atoms with Gasteiger partial charge in [0.05, 0.1) is 11.6 Å². The Morgan fingerprint density at radius 1 is 1.17 bits per heavy atom. The fourth-order valence-corrected chi connectivity index (χ4v) is 2.47. The van der Waals surface area contributed by atoms with E-state index in [9.17, 15) is 4.79 Å². The van der Waals surface area contributed by atoms with Crippen LogP contribution >= 0.6 is 0 Å². The first-order valence-electron chi connectivity index (χ1n) is 7.74. The van der Waals surface area contributed by atoms with Gasteiger partial charge in [-0.15, -0.1) is 0 Å². The maximum atomic E-state index is 12.1. The molecule has 4 heteroatoms. The first kappa shape index (κ1) is 16.6. The summed E-state index contributed by atoms with van der Waals surface area (Å²) >= 11 is 0. The third kappa shape index (κ3) is 4.33. The highest BCUT2D eigenvalue weighted by atomic mass is 16.1. The number of amides is 1. The summed E-state index contributed by atoms with van der Waals surface area (Å²) in [5.41, 5.74) is 3.55. The van der Waals surface area contributed by atoms with Gasteiger partial charge in [0.15, 0.2) is 0 Å². The van der Waals surface area contributed by atoms with Crippen molar-refractivity contribution < 1.29 is 4.79 Å². The highest BCUT2D eigenvalue weighted by molar-refractivity contribution is 5.94. The first-order chi connectivity index (χ1) is 11.2. The largest absolute Gasteiger partial charge is 0.370 e. The molecule has 0 bridgehead atoms. The van der Waals surface area contributed by atoms with Gasteiger partial charge in [-0.2, -0.15) is 5.26 Å². The summed E-state index contributed by atoms with van der Waals surface area (Å²) in [6.45, 7) is 6.41. The van der Waals surface area contributed by atoms with Crippen LogP contribution in [-0.2, 0) is 0 Å². The number of likely N-dealkylation sites (N-methyl/N-ethyl adjacent to an activating group) is 1. The van der Waals surface area contributed by atoms with Gasteiger partial charge in [-0.3, -0.25) is 4.79 Å². The molecule has 118 valence electrons. The number of nitrogens with zero attached hydrogens (tertiary/aromatic N) is 2. The van der Waals surface area contributed by atoms with E-state index in [4.69, 9.17) is 5.26 Å². The lowest BCUT2D eigenvalue weighted by Crippen LogP contribution is -2.35. The number of nitriles is 1. The molecular weight excluding hydrogens is 286 g/mol. The van der Waals surface area contributed by atoms with Crippen molar-refractivity contribution in [1.29, 1.82) is 5.26 Å². The van der Waals surface area contributed by atoms with Crippen LogP contribution in [0, 0.1) is 18.3 Å². The van der Waals surface area contributed by atoms with Crippen LogP contribution in [0.4, 0.5) is 5.69 Å². The summed E-state index contributed by atoms with van der Waals surface area (Å²) in [6.07, 6.45) is 0. The number of benzene rings is 2. The molecule has 0 aliphatic carbocycles. The monoisotopic (exact) mass is 307 g/mol.